The fourth-order valence-corrected chi connectivity index (χ4v) is 8.51. The van der Waals surface area contributed by atoms with Crippen LogP contribution < -0.4 is 5.09 Å². The molecule has 0 aromatic heterocycles. The summed E-state index contributed by atoms with van der Waals surface area (Å²) < 4.78 is 43.2. The van der Waals surface area contributed by atoms with Gasteiger partial charge in [0.25, 0.3) is 0 Å². The summed E-state index contributed by atoms with van der Waals surface area (Å²) >= 11 is 0. The molecule has 2 bridgehead atoms. The molecule has 1 aromatic rings. The summed E-state index contributed by atoms with van der Waals surface area (Å²) in [6.45, 7) is 11.7. The van der Waals surface area contributed by atoms with Crippen LogP contribution in [-0.2, 0) is 26.9 Å². The van der Waals surface area contributed by atoms with Crippen molar-refractivity contribution in [2.45, 2.75) is 39.3 Å². The maximum absolute atomic E-state index is 13.3. The van der Waals surface area contributed by atoms with Gasteiger partial charge in [-0.05, 0) is 18.9 Å². The number of nitrogens with zero attached hydrogens (tertiary/aromatic N) is 1. The number of nitrogens with one attached hydrogen (secondary N) is 1. The number of fused-ring (bicyclic) bond motifs is 6. The lowest BCUT2D eigenvalue weighted by Gasteiger charge is -2.41. The van der Waals surface area contributed by atoms with Crippen molar-refractivity contribution in [1.82, 2.24) is 9.99 Å². The normalized spacial score (nSPS) is 35.8. The number of hydrogen-bond donors (Lipinski definition) is 1. The third-order valence-electron chi connectivity index (χ3n) is 6.09. The summed E-state index contributed by atoms with van der Waals surface area (Å²) in [5.74, 6) is 0. The maximum atomic E-state index is 13.3. The first-order chi connectivity index (χ1) is 14.8. The second-order valence-corrected chi connectivity index (χ2v) is 13.7. The molecule has 1 aromatic carbocycles. The van der Waals surface area contributed by atoms with Crippen molar-refractivity contribution in [3.05, 3.63) is 35.4 Å². The highest BCUT2D eigenvalue weighted by Crippen LogP contribution is 2.58. The zero-order valence-corrected chi connectivity index (χ0v) is 20.7. The van der Waals surface area contributed by atoms with E-state index in [1.165, 1.54) is 5.56 Å². The Bertz CT molecular complexity index is 766. The number of aryl methyl sites for hydroxylation is 1. The molecule has 174 valence electrons. The summed E-state index contributed by atoms with van der Waals surface area (Å²) in [6, 6.07) is 8.87. The third kappa shape index (κ3) is 5.85. The van der Waals surface area contributed by atoms with Crippen LogP contribution in [0.3, 0.4) is 0 Å². The highest BCUT2D eigenvalue weighted by atomic mass is 31.2. The van der Waals surface area contributed by atoms with Crippen LogP contribution in [-0.4, -0.2) is 66.3 Å². The van der Waals surface area contributed by atoms with Crippen molar-refractivity contribution in [3.63, 3.8) is 0 Å². The average molecular weight is 471 g/mol. The van der Waals surface area contributed by atoms with E-state index in [0.29, 0.717) is 45.4 Å². The van der Waals surface area contributed by atoms with Crippen molar-refractivity contribution in [2.75, 3.05) is 52.6 Å². The minimum absolute atomic E-state index is 0.280. The lowest BCUT2D eigenvalue weighted by Crippen LogP contribution is -2.55. The van der Waals surface area contributed by atoms with Gasteiger partial charge in [-0.25, -0.2) is 9.65 Å². The highest BCUT2D eigenvalue weighted by molar-refractivity contribution is 7.51. The Kier molecular flexibility index (Phi) is 7.37. The molecular formula is C21H35N2O6PSi. The predicted octanol–water partition coefficient (Wildman–Crippen LogP) is 3.51. The van der Waals surface area contributed by atoms with Gasteiger partial charge in [0.15, 0.2) is 0 Å². The van der Waals surface area contributed by atoms with Crippen LogP contribution in [0.5, 0.6) is 0 Å². The van der Waals surface area contributed by atoms with Crippen LogP contribution in [0.2, 0.25) is 6.04 Å². The van der Waals surface area contributed by atoms with Gasteiger partial charge in [0.1, 0.15) is 6.10 Å². The topological polar surface area (TPSA) is 78.5 Å². The van der Waals surface area contributed by atoms with Crippen molar-refractivity contribution in [3.8, 4) is 0 Å². The van der Waals surface area contributed by atoms with Gasteiger partial charge in [-0.1, -0.05) is 43.7 Å². The van der Waals surface area contributed by atoms with Gasteiger partial charge in [0.2, 0.25) is 0 Å². The standard InChI is InChI=1S/C21H35N2O6PSi/c1-18-5-7-19(8-6-18)20-21(2,3)17-25-30(24,29-20)22-9-4-16-31-26-13-10-23(11-14-27-31)12-15-28-31/h5-8,20H,4,9-17H2,1-3H3,(H,22,24). The van der Waals surface area contributed by atoms with Gasteiger partial charge < -0.3 is 13.3 Å². The fraction of sp³-hybridized carbons (Fsp3) is 0.714. The van der Waals surface area contributed by atoms with E-state index >= 15 is 0 Å². The van der Waals surface area contributed by atoms with E-state index in [1.54, 1.807) is 0 Å². The van der Waals surface area contributed by atoms with Crippen molar-refractivity contribution in [1.29, 1.82) is 0 Å². The van der Waals surface area contributed by atoms with Gasteiger partial charge in [0, 0.05) is 37.6 Å². The predicted molar refractivity (Wildman–Crippen MR) is 120 cm³/mol. The summed E-state index contributed by atoms with van der Waals surface area (Å²) in [4.78, 5) is 2.30. The number of rotatable bonds is 6. The molecule has 0 aliphatic carbocycles. The maximum Gasteiger partial charge on any atom is 0.501 e. The van der Waals surface area contributed by atoms with Crippen LogP contribution in [0.4, 0.5) is 0 Å². The van der Waals surface area contributed by atoms with E-state index in [0.717, 1.165) is 25.2 Å². The molecule has 31 heavy (non-hydrogen) atoms. The summed E-state index contributed by atoms with van der Waals surface area (Å²) in [7, 11) is -6.08. The first kappa shape index (κ1) is 23.5. The Balaban J connectivity index is 1.33. The molecule has 4 fully saturated rings. The largest absolute Gasteiger partial charge is 0.501 e. The minimum Gasteiger partial charge on any atom is -0.372 e. The second-order valence-electron chi connectivity index (χ2n) is 9.24. The van der Waals surface area contributed by atoms with Crippen LogP contribution in [0.15, 0.2) is 24.3 Å². The molecule has 4 saturated heterocycles. The van der Waals surface area contributed by atoms with E-state index in [-0.39, 0.29) is 11.5 Å². The highest BCUT2D eigenvalue weighted by Gasteiger charge is 2.46. The second kappa shape index (κ2) is 9.71. The molecule has 1 N–H and O–H groups in total. The zero-order valence-electron chi connectivity index (χ0n) is 18.8. The third-order valence-corrected chi connectivity index (χ3v) is 10.6. The van der Waals surface area contributed by atoms with Crippen molar-refractivity contribution in [2.24, 2.45) is 5.41 Å². The number of hydrogen-bond acceptors (Lipinski definition) is 7. The zero-order chi connectivity index (χ0) is 22.0. The van der Waals surface area contributed by atoms with E-state index in [4.69, 9.17) is 22.3 Å². The number of benzene rings is 1. The van der Waals surface area contributed by atoms with Gasteiger partial charge in [-0.15, -0.1) is 0 Å². The van der Waals surface area contributed by atoms with Crippen LogP contribution >= 0.6 is 7.75 Å². The first-order valence-corrected chi connectivity index (χ1v) is 14.7. The Morgan fingerprint density at radius 2 is 1.71 bits per heavy atom. The average Bonchev–Trinajstić information content (AvgIpc) is 2.69. The summed E-state index contributed by atoms with van der Waals surface area (Å²) in [5, 5.41) is 3.04. The summed E-state index contributed by atoms with van der Waals surface area (Å²) in [5.41, 5.74) is 1.92. The van der Waals surface area contributed by atoms with E-state index < -0.39 is 16.6 Å². The van der Waals surface area contributed by atoms with E-state index in [1.807, 2.05) is 19.1 Å². The molecule has 4 aliphatic heterocycles. The van der Waals surface area contributed by atoms with Gasteiger partial charge in [-0.3, -0.25) is 13.9 Å². The minimum atomic E-state index is -3.41. The lowest BCUT2D eigenvalue weighted by molar-refractivity contribution is -0.0302. The first-order valence-electron chi connectivity index (χ1n) is 11.2. The smallest absolute Gasteiger partial charge is 0.372 e. The Morgan fingerprint density at radius 3 is 2.32 bits per heavy atom. The molecule has 5 rings (SSSR count). The van der Waals surface area contributed by atoms with Crippen molar-refractivity contribution < 1.29 is 26.9 Å². The Labute approximate surface area is 186 Å². The molecule has 0 saturated carbocycles. The van der Waals surface area contributed by atoms with Gasteiger partial charge in [0.05, 0.1) is 26.4 Å². The van der Waals surface area contributed by atoms with Gasteiger partial charge >= 0.3 is 16.6 Å². The molecule has 4 aliphatic rings. The van der Waals surface area contributed by atoms with Crippen LogP contribution in [0, 0.1) is 12.3 Å². The molecule has 0 amide bonds. The molecule has 0 spiro atoms. The molecular weight excluding hydrogens is 435 g/mol. The molecule has 0 radical (unpaired) electrons. The molecule has 10 heteroatoms. The molecule has 2 atom stereocenters. The molecule has 4 heterocycles. The van der Waals surface area contributed by atoms with E-state index in [2.05, 4.69) is 36.0 Å². The SMILES string of the molecule is Cc1ccc(C2OP(=O)(NCCC[Si]34OCCN(CCO3)CCO4)OCC2(C)C)cc1. The lowest BCUT2D eigenvalue weighted by atomic mass is 9.83. The fourth-order valence-electron chi connectivity index (χ4n) is 4.16. The Hall–Kier alpha value is -0.613. The van der Waals surface area contributed by atoms with Gasteiger partial charge in [-0.2, -0.15) is 0 Å². The summed E-state index contributed by atoms with van der Waals surface area (Å²) in [6.07, 6.45) is 0.410. The monoisotopic (exact) mass is 470 g/mol. The van der Waals surface area contributed by atoms with Crippen LogP contribution in [0.25, 0.3) is 0 Å². The Morgan fingerprint density at radius 1 is 1.10 bits per heavy atom. The van der Waals surface area contributed by atoms with E-state index in [9.17, 15) is 4.57 Å². The van der Waals surface area contributed by atoms with Crippen LogP contribution in [0.1, 0.15) is 37.5 Å². The molecule has 8 nitrogen and oxygen atoms in total. The molecule has 2 unspecified atom stereocenters. The van der Waals surface area contributed by atoms with Crippen molar-refractivity contribution >= 4 is 16.6 Å². The quantitative estimate of drug-likeness (QED) is 0.385.